The Morgan fingerprint density at radius 3 is 2.75 bits per heavy atom. The highest BCUT2D eigenvalue weighted by molar-refractivity contribution is 5.91. The maximum Gasteiger partial charge on any atom is 0.441 e. The van der Waals surface area contributed by atoms with E-state index in [1.165, 1.54) is 19.3 Å². The van der Waals surface area contributed by atoms with Crippen LogP contribution in [0.3, 0.4) is 0 Å². The van der Waals surface area contributed by atoms with Gasteiger partial charge >= 0.3 is 5.76 Å². The third-order valence-electron chi connectivity index (χ3n) is 5.79. The van der Waals surface area contributed by atoms with E-state index in [1.54, 1.807) is 18.2 Å². The van der Waals surface area contributed by atoms with Crippen LogP contribution in [0.25, 0.3) is 11.0 Å². The van der Waals surface area contributed by atoms with Crippen LogP contribution in [-0.2, 0) is 4.79 Å². The first-order chi connectivity index (χ1) is 13.6. The van der Waals surface area contributed by atoms with Crippen LogP contribution in [0, 0.1) is 17.2 Å². The molecule has 2 fully saturated rings. The minimum atomic E-state index is -0.727. The van der Waals surface area contributed by atoms with Gasteiger partial charge in [-0.1, -0.05) is 44.2 Å². The van der Waals surface area contributed by atoms with Gasteiger partial charge in [0.2, 0.25) is 5.91 Å². The van der Waals surface area contributed by atoms with Gasteiger partial charge in [0, 0.05) is 0 Å². The van der Waals surface area contributed by atoms with Gasteiger partial charge in [-0.2, -0.15) is 10.2 Å². The molecule has 0 spiro atoms. The van der Waals surface area contributed by atoms with Gasteiger partial charge in [0.25, 0.3) is 0 Å². The molecule has 1 aromatic carbocycles. The second kappa shape index (κ2) is 7.63. The maximum absolute atomic E-state index is 13.0. The summed E-state index contributed by atoms with van der Waals surface area (Å²) in [6.07, 6.45) is 7.81. The molecule has 7 heteroatoms. The van der Waals surface area contributed by atoms with Crippen molar-refractivity contribution >= 4 is 22.7 Å². The Balaban J connectivity index is 1.60. The van der Waals surface area contributed by atoms with Crippen molar-refractivity contribution < 1.29 is 9.21 Å². The summed E-state index contributed by atoms with van der Waals surface area (Å²) in [4.78, 5) is 28.8. The van der Waals surface area contributed by atoms with E-state index in [4.69, 9.17) is 4.42 Å². The fourth-order valence-electron chi connectivity index (χ4n) is 4.00. The van der Waals surface area contributed by atoms with E-state index in [-0.39, 0.29) is 5.91 Å². The largest absolute Gasteiger partial charge is 0.441 e. The van der Waals surface area contributed by atoms with Gasteiger partial charge in [-0.3, -0.25) is 4.79 Å². The fourth-order valence-corrected chi connectivity index (χ4v) is 4.00. The van der Waals surface area contributed by atoms with Crippen molar-refractivity contribution in [1.82, 2.24) is 10.3 Å². The highest BCUT2D eigenvalue weighted by Crippen LogP contribution is 2.35. The summed E-state index contributed by atoms with van der Waals surface area (Å²) in [6.45, 7) is 0. The Morgan fingerprint density at radius 2 is 2.04 bits per heavy atom. The number of benzene rings is 1. The summed E-state index contributed by atoms with van der Waals surface area (Å²) in [5.41, 5.74) is -0.299. The summed E-state index contributed by atoms with van der Waals surface area (Å²) in [5, 5.41) is 16.1. The molecule has 28 heavy (non-hydrogen) atoms. The molecule has 2 N–H and O–H groups in total. The standard InChI is InChI=1S/C21H24N4O3/c22-13-21(10-11-21)25-19(26)16(12-14-6-2-1-3-7-14)23-18-15-8-4-5-9-17(15)28-20(27)24-18/h4-5,8-9,14,16H,1-3,6-7,10-12H2,(H,25,26)(H,23,24,27). The molecule has 7 nitrogen and oxygen atoms in total. The summed E-state index contributed by atoms with van der Waals surface area (Å²) in [6, 6.07) is 8.78. The third kappa shape index (κ3) is 4.01. The summed E-state index contributed by atoms with van der Waals surface area (Å²) in [5.74, 6) is -0.109. The van der Waals surface area contributed by atoms with Crippen LogP contribution in [0.1, 0.15) is 51.4 Å². The Labute approximate surface area is 163 Å². The predicted molar refractivity (Wildman–Crippen MR) is 105 cm³/mol. The molecule has 1 unspecified atom stereocenters. The van der Waals surface area contributed by atoms with E-state index in [9.17, 15) is 14.9 Å². The lowest BCUT2D eigenvalue weighted by Gasteiger charge is -2.27. The van der Waals surface area contributed by atoms with E-state index in [0.717, 1.165) is 12.8 Å². The smallest absolute Gasteiger partial charge is 0.408 e. The number of nitriles is 1. The molecular weight excluding hydrogens is 356 g/mol. The van der Waals surface area contributed by atoms with Crippen molar-refractivity contribution in [2.45, 2.75) is 62.9 Å². The van der Waals surface area contributed by atoms with Gasteiger partial charge < -0.3 is 15.1 Å². The monoisotopic (exact) mass is 380 g/mol. The molecular formula is C21H24N4O3. The van der Waals surface area contributed by atoms with E-state index in [2.05, 4.69) is 21.7 Å². The zero-order valence-corrected chi connectivity index (χ0v) is 15.7. The Hall–Kier alpha value is -2.88. The molecule has 1 amide bonds. The van der Waals surface area contributed by atoms with Crippen molar-refractivity contribution in [1.29, 1.82) is 5.26 Å². The molecule has 1 heterocycles. The first-order valence-corrected chi connectivity index (χ1v) is 9.98. The zero-order valence-electron chi connectivity index (χ0n) is 15.7. The van der Waals surface area contributed by atoms with Crippen LogP contribution < -0.4 is 16.4 Å². The molecule has 2 saturated carbocycles. The predicted octanol–water partition coefficient (Wildman–Crippen LogP) is 3.11. The minimum Gasteiger partial charge on any atom is -0.408 e. The number of fused-ring (bicyclic) bond motifs is 1. The maximum atomic E-state index is 13.0. The first kappa shape index (κ1) is 18.5. The van der Waals surface area contributed by atoms with Crippen molar-refractivity contribution in [2.75, 3.05) is 5.32 Å². The summed E-state index contributed by atoms with van der Waals surface area (Å²) < 4.78 is 5.15. The fraction of sp³-hybridized carbons (Fsp3) is 0.524. The Kier molecular flexibility index (Phi) is 5.03. The Morgan fingerprint density at radius 1 is 1.29 bits per heavy atom. The lowest BCUT2D eigenvalue weighted by molar-refractivity contribution is -0.122. The summed E-state index contributed by atoms with van der Waals surface area (Å²) >= 11 is 0. The van der Waals surface area contributed by atoms with E-state index < -0.39 is 17.3 Å². The minimum absolute atomic E-state index is 0.205. The van der Waals surface area contributed by atoms with Gasteiger partial charge in [-0.15, -0.1) is 0 Å². The molecule has 0 aliphatic heterocycles. The van der Waals surface area contributed by atoms with E-state index in [1.807, 2.05) is 6.07 Å². The Bertz CT molecular complexity index is 968. The van der Waals surface area contributed by atoms with E-state index in [0.29, 0.717) is 42.0 Å². The number of carbonyl (C=O) groups is 1. The molecule has 146 valence electrons. The lowest BCUT2D eigenvalue weighted by Crippen LogP contribution is -2.46. The van der Waals surface area contributed by atoms with Crippen molar-refractivity contribution in [3.63, 3.8) is 0 Å². The normalized spacial score (nSPS) is 19.5. The first-order valence-electron chi connectivity index (χ1n) is 9.98. The molecule has 1 aromatic heterocycles. The van der Waals surface area contributed by atoms with E-state index >= 15 is 0 Å². The quantitative estimate of drug-likeness (QED) is 0.797. The number of hydrogen-bond acceptors (Lipinski definition) is 6. The molecule has 4 rings (SSSR count). The highest BCUT2D eigenvalue weighted by atomic mass is 16.4. The van der Waals surface area contributed by atoms with Crippen LogP contribution in [0.4, 0.5) is 5.82 Å². The second-order valence-electron chi connectivity index (χ2n) is 7.94. The van der Waals surface area contributed by atoms with Crippen LogP contribution >= 0.6 is 0 Å². The van der Waals surface area contributed by atoms with Crippen LogP contribution in [-0.4, -0.2) is 22.5 Å². The zero-order chi connectivity index (χ0) is 19.6. The van der Waals surface area contributed by atoms with Gasteiger partial charge in [0.15, 0.2) is 0 Å². The number of para-hydroxylation sites is 1. The number of aromatic nitrogens is 1. The number of carbonyl (C=O) groups excluding carboxylic acids is 1. The molecule has 2 aromatic rings. The number of hydrogen-bond donors (Lipinski definition) is 2. The SMILES string of the molecule is N#CC1(NC(=O)C(CC2CCCCC2)Nc2nc(=O)oc3ccccc23)CC1. The molecule has 0 bridgehead atoms. The number of anilines is 1. The third-order valence-corrected chi connectivity index (χ3v) is 5.79. The molecule has 0 saturated heterocycles. The molecule has 2 aliphatic carbocycles. The van der Waals surface area contributed by atoms with Crippen molar-refractivity contribution in [3.05, 3.63) is 34.8 Å². The number of nitrogens with zero attached hydrogens (tertiary/aromatic N) is 2. The number of rotatable bonds is 6. The van der Waals surface area contributed by atoms with Crippen LogP contribution in [0.2, 0.25) is 0 Å². The van der Waals surface area contributed by atoms with Crippen molar-refractivity contribution in [2.24, 2.45) is 5.92 Å². The van der Waals surface area contributed by atoms with Crippen LogP contribution in [0.5, 0.6) is 0 Å². The topological polar surface area (TPSA) is 108 Å². The molecule has 2 aliphatic rings. The molecule has 1 atom stereocenters. The van der Waals surface area contributed by atoms with Gasteiger partial charge in [0.1, 0.15) is 23.0 Å². The second-order valence-corrected chi connectivity index (χ2v) is 7.94. The number of nitrogens with one attached hydrogen (secondary N) is 2. The van der Waals surface area contributed by atoms with Crippen molar-refractivity contribution in [3.8, 4) is 6.07 Å². The lowest BCUT2D eigenvalue weighted by atomic mass is 9.84. The highest BCUT2D eigenvalue weighted by Gasteiger charge is 2.45. The summed E-state index contributed by atoms with van der Waals surface area (Å²) in [7, 11) is 0. The average molecular weight is 380 g/mol. The average Bonchev–Trinajstić information content (AvgIpc) is 3.48. The van der Waals surface area contributed by atoms with Gasteiger partial charge in [0.05, 0.1) is 11.5 Å². The number of amides is 1. The van der Waals surface area contributed by atoms with Gasteiger partial charge in [-0.05, 0) is 37.3 Å². The van der Waals surface area contributed by atoms with Crippen LogP contribution in [0.15, 0.2) is 33.5 Å². The van der Waals surface area contributed by atoms with Gasteiger partial charge in [-0.25, -0.2) is 4.79 Å². The molecule has 0 radical (unpaired) electrons.